The van der Waals surface area contributed by atoms with E-state index in [0.29, 0.717) is 23.7 Å². The summed E-state index contributed by atoms with van der Waals surface area (Å²) in [5.41, 5.74) is 7.81. The van der Waals surface area contributed by atoms with Gasteiger partial charge in [0.05, 0.1) is 0 Å². The van der Waals surface area contributed by atoms with Crippen molar-refractivity contribution in [2.75, 3.05) is 50.9 Å². The molecule has 9 nitrogen and oxygen atoms in total. The fourth-order valence-corrected chi connectivity index (χ4v) is 4.46. The van der Waals surface area contributed by atoms with Gasteiger partial charge in [-0.15, -0.1) is 0 Å². The lowest BCUT2D eigenvalue weighted by molar-refractivity contribution is 0.0962. The maximum Gasteiger partial charge on any atom is 0.251 e. The molecule has 37 heavy (non-hydrogen) atoms. The number of halogens is 1. The number of amides is 1. The Morgan fingerprint density at radius 3 is 2.49 bits per heavy atom. The number of hydrogen-bond donors (Lipinski definition) is 3. The van der Waals surface area contributed by atoms with Crippen molar-refractivity contribution in [2.45, 2.75) is 58.5 Å². The Balaban J connectivity index is 1.90. The second-order valence-corrected chi connectivity index (χ2v) is 9.56. The molecular formula is C27H42ClN7O2. The minimum Gasteiger partial charge on any atom is -0.382 e. The van der Waals surface area contributed by atoms with Crippen molar-refractivity contribution >= 4 is 35.4 Å². The molecule has 2 aromatic rings. The molecule has 0 bridgehead atoms. The normalized spacial score (nSPS) is 11.9. The van der Waals surface area contributed by atoms with E-state index >= 15 is 0 Å². The van der Waals surface area contributed by atoms with Gasteiger partial charge >= 0.3 is 0 Å². The van der Waals surface area contributed by atoms with Crippen molar-refractivity contribution in [3.8, 4) is 0 Å². The van der Waals surface area contributed by atoms with E-state index in [-0.39, 0.29) is 22.6 Å². The van der Waals surface area contributed by atoms with Crippen LogP contribution >= 0.6 is 11.6 Å². The predicted molar refractivity (Wildman–Crippen MR) is 151 cm³/mol. The lowest BCUT2D eigenvalue weighted by Gasteiger charge is -2.31. The molecule has 0 saturated carbocycles. The van der Waals surface area contributed by atoms with Crippen molar-refractivity contribution in [3.05, 3.63) is 46.2 Å². The van der Waals surface area contributed by atoms with E-state index in [2.05, 4.69) is 51.3 Å². The van der Waals surface area contributed by atoms with Crippen molar-refractivity contribution in [1.82, 2.24) is 25.5 Å². The van der Waals surface area contributed by atoms with Gasteiger partial charge in [0.2, 0.25) is 0 Å². The van der Waals surface area contributed by atoms with Gasteiger partial charge in [0.15, 0.2) is 23.1 Å². The van der Waals surface area contributed by atoms with Crippen LogP contribution in [-0.4, -0.2) is 73.4 Å². The van der Waals surface area contributed by atoms with Crippen LogP contribution in [0.5, 0.6) is 0 Å². The summed E-state index contributed by atoms with van der Waals surface area (Å²) in [6, 6.07) is 8.08. The summed E-state index contributed by atoms with van der Waals surface area (Å²) >= 11 is 6.39. The lowest BCUT2D eigenvalue weighted by atomic mass is 10.1. The summed E-state index contributed by atoms with van der Waals surface area (Å²) < 4.78 is 0. The number of carbonyl (C=O) groups is 2. The van der Waals surface area contributed by atoms with E-state index in [9.17, 15) is 9.59 Å². The van der Waals surface area contributed by atoms with E-state index in [1.807, 2.05) is 24.3 Å². The van der Waals surface area contributed by atoms with Crippen LogP contribution in [0.15, 0.2) is 24.3 Å². The molecule has 2 rings (SSSR count). The molecule has 0 aliphatic heterocycles. The Labute approximate surface area is 226 Å². The third kappa shape index (κ3) is 9.57. The molecule has 0 saturated heterocycles. The van der Waals surface area contributed by atoms with Gasteiger partial charge in [-0.1, -0.05) is 50.4 Å². The fourth-order valence-electron chi connectivity index (χ4n) is 4.21. The molecule has 1 aromatic heterocycles. The van der Waals surface area contributed by atoms with Gasteiger partial charge in [0.1, 0.15) is 5.69 Å². The third-order valence-corrected chi connectivity index (χ3v) is 6.83. The smallest absolute Gasteiger partial charge is 0.251 e. The number of aldehydes is 1. The monoisotopic (exact) mass is 531 g/mol. The third-order valence-electron chi connectivity index (χ3n) is 6.58. The number of benzene rings is 1. The molecule has 0 aliphatic carbocycles. The number of anilines is 2. The summed E-state index contributed by atoms with van der Waals surface area (Å²) in [5, 5.41) is 6.36. The first-order valence-corrected chi connectivity index (χ1v) is 13.5. The Morgan fingerprint density at radius 2 is 1.86 bits per heavy atom. The predicted octanol–water partition coefficient (Wildman–Crippen LogP) is 3.77. The van der Waals surface area contributed by atoms with E-state index in [1.165, 1.54) is 0 Å². The number of aromatic nitrogens is 2. The number of nitrogens with one attached hydrogen (secondary N) is 2. The molecule has 0 fully saturated rings. The molecule has 1 aromatic carbocycles. The van der Waals surface area contributed by atoms with E-state index in [0.717, 1.165) is 70.4 Å². The molecule has 1 heterocycles. The van der Waals surface area contributed by atoms with Gasteiger partial charge in [0, 0.05) is 44.8 Å². The average Bonchev–Trinajstić information content (AvgIpc) is 2.91. The van der Waals surface area contributed by atoms with Crippen molar-refractivity contribution in [3.63, 3.8) is 0 Å². The SMILES string of the molecule is CCCCCN(CCN(C)C(CC)CCNCc1ccc(C(=O)NC)cc1)c1nc(N)c(C=O)nc1Cl. The van der Waals surface area contributed by atoms with Gasteiger partial charge in [-0.25, -0.2) is 9.97 Å². The molecule has 0 spiro atoms. The summed E-state index contributed by atoms with van der Waals surface area (Å²) in [5.74, 6) is 0.559. The molecule has 1 unspecified atom stereocenters. The van der Waals surface area contributed by atoms with Crippen LogP contribution in [0.25, 0.3) is 0 Å². The molecule has 204 valence electrons. The molecule has 1 amide bonds. The summed E-state index contributed by atoms with van der Waals surface area (Å²) in [4.78, 5) is 35.9. The zero-order valence-electron chi connectivity index (χ0n) is 22.6. The number of nitrogens with two attached hydrogens (primary N) is 1. The van der Waals surface area contributed by atoms with Gasteiger partial charge in [-0.05, 0) is 50.6 Å². The number of hydrogen-bond acceptors (Lipinski definition) is 8. The molecule has 0 aliphatic rings. The number of nitrogens with zero attached hydrogens (tertiary/aromatic N) is 4. The van der Waals surface area contributed by atoms with Crippen LogP contribution in [-0.2, 0) is 6.54 Å². The Kier molecular flexibility index (Phi) is 13.3. The number of nitrogen functional groups attached to an aromatic ring is 1. The van der Waals surface area contributed by atoms with Gasteiger partial charge < -0.3 is 26.2 Å². The largest absolute Gasteiger partial charge is 0.382 e. The van der Waals surface area contributed by atoms with Crippen LogP contribution in [0, 0.1) is 0 Å². The highest BCUT2D eigenvalue weighted by atomic mass is 35.5. The minimum atomic E-state index is -0.0759. The van der Waals surface area contributed by atoms with Crippen molar-refractivity contribution in [1.29, 1.82) is 0 Å². The lowest BCUT2D eigenvalue weighted by Crippen LogP contribution is -2.40. The van der Waals surface area contributed by atoms with Crippen LogP contribution in [0.2, 0.25) is 5.15 Å². The molecule has 4 N–H and O–H groups in total. The molecule has 1 atom stereocenters. The highest BCUT2D eigenvalue weighted by Gasteiger charge is 2.19. The number of unbranched alkanes of at least 4 members (excludes halogenated alkanes) is 2. The van der Waals surface area contributed by atoms with Crippen LogP contribution in [0.4, 0.5) is 11.6 Å². The molecule has 10 heteroatoms. The summed E-state index contributed by atoms with van der Waals surface area (Å²) in [6.07, 6.45) is 5.86. The topological polar surface area (TPSA) is 116 Å². The summed E-state index contributed by atoms with van der Waals surface area (Å²) in [6.45, 7) is 8.39. The Morgan fingerprint density at radius 1 is 1.14 bits per heavy atom. The molecular weight excluding hydrogens is 490 g/mol. The Hall–Kier alpha value is -2.75. The fraction of sp³-hybridized carbons (Fsp3) is 0.556. The average molecular weight is 532 g/mol. The highest BCUT2D eigenvalue weighted by molar-refractivity contribution is 6.31. The van der Waals surface area contributed by atoms with Gasteiger partial charge in [-0.2, -0.15) is 0 Å². The quantitative estimate of drug-likeness (QED) is 0.209. The highest BCUT2D eigenvalue weighted by Crippen LogP contribution is 2.24. The van der Waals surface area contributed by atoms with Gasteiger partial charge in [-0.3, -0.25) is 9.59 Å². The minimum absolute atomic E-state index is 0.0697. The maximum atomic E-state index is 11.7. The first kappa shape index (κ1) is 30.5. The van der Waals surface area contributed by atoms with Crippen LogP contribution in [0.1, 0.15) is 72.4 Å². The number of likely N-dealkylation sites (N-methyl/N-ethyl adjacent to an activating group) is 1. The van der Waals surface area contributed by atoms with E-state index in [4.69, 9.17) is 17.3 Å². The van der Waals surface area contributed by atoms with Crippen LogP contribution < -0.4 is 21.3 Å². The zero-order chi connectivity index (χ0) is 27.2. The standard InChI is InChI=1S/C27H42ClN7O2/c1-5-7-8-15-35(26-24(28)32-23(19-36)25(29)33-26)17-16-34(4)22(6-2)13-14-31-18-20-9-11-21(12-10-20)27(37)30-3/h9-12,19,22,31H,5-8,13-18H2,1-4H3,(H2,29,33)(H,30,37). The van der Waals surface area contributed by atoms with Crippen molar-refractivity contribution < 1.29 is 9.59 Å². The van der Waals surface area contributed by atoms with Crippen molar-refractivity contribution in [2.24, 2.45) is 0 Å². The Bertz CT molecular complexity index is 987. The summed E-state index contributed by atoms with van der Waals surface area (Å²) in [7, 11) is 3.78. The zero-order valence-corrected chi connectivity index (χ0v) is 23.4. The maximum absolute atomic E-state index is 11.7. The van der Waals surface area contributed by atoms with E-state index < -0.39 is 0 Å². The molecule has 0 radical (unpaired) electrons. The first-order chi connectivity index (χ1) is 17.8. The second-order valence-electron chi connectivity index (χ2n) is 9.20. The van der Waals surface area contributed by atoms with E-state index in [1.54, 1.807) is 7.05 Å². The number of carbonyl (C=O) groups excluding carboxylic acids is 2. The number of rotatable bonds is 17. The second kappa shape index (κ2) is 16.2. The first-order valence-electron chi connectivity index (χ1n) is 13.1. The van der Waals surface area contributed by atoms with Crippen LogP contribution in [0.3, 0.4) is 0 Å². The van der Waals surface area contributed by atoms with Gasteiger partial charge in [0.25, 0.3) is 5.91 Å².